The number of rotatable bonds is 7. The Bertz CT molecular complexity index is 1130. The van der Waals surface area contributed by atoms with Gasteiger partial charge in [0.05, 0.1) is 16.4 Å². The highest BCUT2D eigenvalue weighted by Gasteiger charge is 2.34. The molecule has 0 saturated heterocycles. The smallest absolute Gasteiger partial charge is 0.486 e. The molecule has 0 amide bonds. The molecule has 0 unspecified atom stereocenters. The lowest BCUT2D eigenvalue weighted by Crippen LogP contribution is -2.20. The van der Waals surface area contributed by atoms with Gasteiger partial charge in [0, 0.05) is 6.20 Å². The highest BCUT2D eigenvalue weighted by molar-refractivity contribution is 7.92. The van der Waals surface area contributed by atoms with E-state index in [0.717, 1.165) is 12.1 Å². The maximum absolute atomic E-state index is 12.6. The summed E-state index contributed by atoms with van der Waals surface area (Å²) in [4.78, 5) is 3.43. The number of hydrogen-bond acceptors (Lipinski definition) is 5. The van der Waals surface area contributed by atoms with Crippen molar-refractivity contribution < 1.29 is 31.1 Å². The van der Waals surface area contributed by atoms with Gasteiger partial charge >= 0.3 is 6.36 Å². The summed E-state index contributed by atoms with van der Waals surface area (Å²) in [5, 5.41) is 0.103. The molecule has 1 N–H and O–H groups in total. The van der Waals surface area contributed by atoms with Crippen molar-refractivity contribution >= 4 is 27.3 Å². The number of hydrogen-bond donors (Lipinski definition) is 1. The van der Waals surface area contributed by atoms with Crippen LogP contribution in [0.2, 0.25) is 5.02 Å². The van der Waals surface area contributed by atoms with Gasteiger partial charge < -0.3 is 9.47 Å². The van der Waals surface area contributed by atoms with Crippen molar-refractivity contribution in [1.29, 1.82) is 0 Å². The summed E-state index contributed by atoms with van der Waals surface area (Å²) in [5.41, 5.74) is 0.701. The Morgan fingerprint density at radius 2 is 1.73 bits per heavy atom. The van der Waals surface area contributed by atoms with E-state index in [1.807, 2.05) is 0 Å². The summed E-state index contributed by atoms with van der Waals surface area (Å²) < 4.78 is 74.3. The fraction of sp³-hybridized carbons (Fsp3) is 0.105. The zero-order valence-corrected chi connectivity index (χ0v) is 16.6. The standard InChI is InChI=1S/C19H14ClF3N2O4S/c20-15-11-13(8-9-16(15)28-12-14-5-3-4-10-24-14)25-30(26,27)18-7-2-1-6-17(18)29-19(21,22)23/h1-11,25H,12H2. The van der Waals surface area contributed by atoms with Gasteiger partial charge in [0.2, 0.25) is 0 Å². The normalized spacial score (nSPS) is 11.7. The molecule has 11 heteroatoms. The number of para-hydroxylation sites is 1. The second-order valence-corrected chi connectivity index (χ2v) is 7.91. The van der Waals surface area contributed by atoms with Gasteiger partial charge in [-0.2, -0.15) is 0 Å². The first-order valence-corrected chi connectivity index (χ1v) is 10.2. The minimum absolute atomic E-state index is 0.0343. The largest absolute Gasteiger partial charge is 0.573 e. The van der Waals surface area contributed by atoms with Crippen molar-refractivity contribution in [2.45, 2.75) is 17.9 Å². The molecule has 1 aromatic heterocycles. The minimum atomic E-state index is -5.04. The highest BCUT2D eigenvalue weighted by Crippen LogP contribution is 2.32. The quantitative estimate of drug-likeness (QED) is 0.538. The molecule has 30 heavy (non-hydrogen) atoms. The summed E-state index contributed by atoms with van der Waals surface area (Å²) in [7, 11) is -4.39. The van der Waals surface area contributed by atoms with Gasteiger partial charge in [0.15, 0.2) is 0 Å². The highest BCUT2D eigenvalue weighted by atomic mass is 35.5. The van der Waals surface area contributed by atoms with E-state index in [1.54, 1.807) is 24.4 Å². The Morgan fingerprint density at radius 3 is 2.40 bits per heavy atom. The molecule has 0 bridgehead atoms. The molecular weight excluding hydrogens is 445 g/mol. The molecule has 3 rings (SSSR count). The zero-order valence-electron chi connectivity index (χ0n) is 15.1. The van der Waals surface area contributed by atoms with Crippen molar-refractivity contribution in [2.24, 2.45) is 0 Å². The van der Waals surface area contributed by atoms with Gasteiger partial charge in [-0.3, -0.25) is 9.71 Å². The van der Waals surface area contributed by atoms with E-state index in [-0.39, 0.29) is 23.1 Å². The van der Waals surface area contributed by atoms with Gasteiger partial charge in [0.25, 0.3) is 10.0 Å². The van der Waals surface area contributed by atoms with Crippen molar-refractivity contribution in [3.63, 3.8) is 0 Å². The number of pyridine rings is 1. The molecule has 0 spiro atoms. The van der Waals surface area contributed by atoms with Gasteiger partial charge in [0.1, 0.15) is 23.0 Å². The molecule has 0 atom stereocenters. The summed E-state index contributed by atoms with van der Waals surface area (Å²) in [6.45, 7) is 0.147. The minimum Gasteiger partial charge on any atom is -0.486 e. The van der Waals surface area contributed by atoms with Crippen LogP contribution >= 0.6 is 11.6 Å². The summed E-state index contributed by atoms with van der Waals surface area (Å²) in [6, 6.07) is 13.8. The molecule has 2 aromatic carbocycles. The Kier molecular flexibility index (Phi) is 6.37. The van der Waals surface area contributed by atoms with Gasteiger partial charge in [-0.1, -0.05) is 29.8 Å². The Hall–Kier alpha value is -2.98. The van der Waals surface area contributed by atoms with Crippen molar-refractivity contribution in [2.75, 3.05) is 4.72 Å². The average molecular weight is 459 g/mol. The van der Waals surface area contributed by atoms with Gasteiger partial charge in [-0.05, 0) is 42.5 Å². The Morgan fingerprint density at radius 1 is 1.00 bits per heavy atom. The van der Waals surface area contributed by atoms with Crippen LogP contribution in [0.15, 0.2) is 71.8 Å². The average Bonchev–Trinajstić information content (AvgIpc) is 2.67. The first-order valence-electron chi connectivity index (χ1n) is 8.34. The van der Waals surface area contributed by atoms with Gasteiger partial charge in [-0.15, -0.1) is 13.2 Å². The number of alkyl halides is 3. The molecule has 0 aliphatic rings. The Labute approximate surface area is 175 Å². The van der Waals surface area contributed by atoms with Crippen LogP contribution in [0.5, 0.6) is 11.5 Å². The third kappa shape index (κ3) is 5.77. The number of nitrogens with one attached hydrogen (secondary N) is 1. The Balaban J connectivity index is 1.77. The summed E-state index contributed by atoms with van der Waals surface area (Å²) in [5.74, 6) is -0.565. The maximum atomic E-state index is 12.6. The molecule has 0 fully saturated rings. The molecule has 1 heterocycles. The van der Waals surface area contributed by atoms with Gasteiger partial charge in [-0.25, -0.2) is 8.42 Å². The van der Waals surface area contributed by atoms with Crippen molar-refractivity contribution in [1.82, 2.24) is 4.98 Å². The number of benzene rings is 2. The third-order valence-electron chi connectivity index (χ3n) is 3.65. The van der Waals surface area contributed by atoms with E-state index in [1.165, 1.54) is 30.3 Å². The summed E-state index contributed by atoms with van der Waals surface area (Å²) >= 11 is 6.14. The molecule has 0 aliphatic heterocycles. The first kappa shape index (κ1) is 21.7. The van der Waals surface area contributed by atoms with Crippen LogP contribution in [0, 0.1) is 0 Å². The van der Waals surface area contributed by atoms with Crippen LogP contribution in [-0.2, 0) is 16.6 Å². The fourth-order valence-corrected chi connectivity index (χ4v) is 3.82. The zero-order chi connectivity index (χ0) is 21.8. The van der Waals surface area contributed by atoms with Crippen molar-refractivity contribution in [3.8, 4) is 11.5 Å². The van der Waals surface area contributed by atoms with E-state index < -0.39 is 27.0 Å². The maximum Gasteiger partial charge on any atom is 0.573 e. The van der Waals surface area contributed by atoms with Crippen LogP contribution < -0.4 is 14.2 Å². The molecule has 0 radical (unpaired) electrons. The van der Waals surface area contributed by atoms with E-state index in [4.69, 9.17) is 16.3 Å². The summed E-state index contributed by atoms with van der Waals surface area (Å²) in [6.07, 6.45) is -3.43. The van der Waals surface area contributed by atoms with Crippen LogP contribution in [0.4, 0.5) is 18.9 Å². The monoisotopic (exact) mass is 458 g/mol. The molecule has 0 aliphatic carbocycles. The predicted octanol–water partition coefficient (Wildman–Crippen LogP) is 5.01. The topological polar surface area (TPSA) is 77.5 Å². The SMILES string of the molecule is O=S(=O)(Nc1ccc(OCc2ccccn2)c(Cl)c1)c1ccccc1OC(F)(F)F. The van der Waals surface area contributed by atoms with E-state index >= 15 is 0 Å². The second-order valence-electron chi connectivity index (χ2n) is 5.85. The number of ether oxygens (including phenoxy) is 2. The van der Waals surface area contributed by atoms with Crippen LogP contribution in [-0.4, -0.2) is 19.8 Å². The first-order chi connectivity index (χ1) is 14.1. The fourth-order valence-electron chi connectivity index (χ4n) is 2.41. The third-order valence-corrected chi connectivity index (χ3v) is 5.37. The van der Waals surface area contributed by atoms with E-state index in [9.17, 15) is 21.6 Å². The number of anilines is 1. The van der Waals surface area contributed by atoms with Crippen LogP contribution in [0.3, 0.4) is 0 Å². The van der Waals surface area contributed by atoms with Crippen LogP contribution in [0.25, 0.3) is 0 Å². The van der Waals surface area contributed by atoms with E-state index in [2.05, 4.69) is 14.4 Å². The number of sulfonamides is 1. The number of nitrogens with zero attached hydrogens (tertiary/aromatic N) is 1. The lowest BCUT2D eigenvalue weighted by atomic mass is 10.3. The molecule has 6 nitrogen and oxygen atoms in total. The number of halogens is 4. The lowest BCUT2D eigenvalue weighted by molar-refractivity contribution is -0.275. The molecular formula is C19H14ClF3N2O4S. The van der Waals surface area contributed by atoms with E-state index in [0.29, 0.717) is 5.69 Å². The van der Waals surface area contributed by atoms with Crippen LogP contribution in [0.1, 0.15) is 5.69 Å². The predicted molar refractivity (Wildman–Crippen MR) is 104 cm³/mol. The molecule has 158 valence electrons. The second kappa shape index (κ2) is 8.80. The van der Waals surface area contributed by atoms with Crippen molar-refractivity contribution in [3.05, 3.63) is 77.6 Å². The molecule has 3 aromatic rings. The lowest BCUT2D eigenvalue weighted by Gasteiger charge is -2.15. The molecule has 0 saturated carbocycles. The number of aromatic nitrogens is 1.